The van der Waals surface area contributed by atoms with E-state index in [1.165, 1.54) is 10.8 Å². The van der Waals surface area contributed by atoms with Crippen LogP contribution in [0.3, 0.4) is 0 Å². The molecule has 2 nitrogen and oxygen atoms in total. The SMILES string of the molecule is C(=C\c1ccc2ccccc2n1)/Cc1ccc2ccccc2n1. The van der Waals surface area contributed by atoms with Crippen LogP contribution in [0.4, 0.5) is 0 Å². The number of nitrogens with zero attached hydrogens (tertiary/aromatic N) is 2. The van der Waals surface area contributed by atoms with Crippen LogP contribution < -0.4 is 0 Å². The van der Waals surface area contributed by atoms with Crippen molar-refractivity contribution in [3.05, 3.63) is 90.3 Å². The van der Waals surface area contributed by atoms with Crippen molar-refractivity contribution in [1.29, 1.82) is 0 Å². The molecule has 0 unspecified atom stereocenters. The van der Waals surface area contributed by atoms with E-state index in [1.54, 1.807) is 0 Å². The third-order valence-electron chi connectivity index (χ3n) is 3.89. The Morgan fingerprint density at radius 1 is 0.652 bits per heavy atom. The molecule has 0 aliphatic heterocycles. The van der Waals surface area contributed by atoms with Gasteiger partial charge in [-0.15, -0.1) is 0 Å². The number of hydrogen-bond donors (Lipinski definition) is 0. The summed E-state index contributed by atoms with van der Waals surface area (Å²) in [4.78, 5) is 9.33. The van der Waals surface area contributed by atoms with Crippen LogP contribution in [-0.4, -0.2) is 9.97 Å². The molecule has 2 aromatic carbocycles. The molecule has 0 fully saturated rings. The second-order valence-corrected chi connectivity index (χ2v) is 5.53. The van der Waals surface area contributed by atoms with Crippen molar-refractivity contribution in [1.82, 2.24) is 9.97 Å². The van der Waals surface area contributed by atoms with Crippen LogP contribution >= 0.6 is 0 Å². The standard InChI is InChI=1S/C21H16N2/c1-3-10-20-16(6-1)12-14-18(22-20)8-5-9-19-15-13-17-7-2-4-11-21(17)23-19/h1-8,10-15H,9H2/b8-5+. The molecule has 4 aromatic rings. The molecule has 23 heavy (non-hydrogen) atoms. The minimum atomic E-state index is 0.805. The first kappa shape index (κ1) is 13.6. The van der Waals surface area contributed by atoms with Gasteiger partial charge in [-0.1, -0.05) is 54.6 Å². The molecular weight excluding hydrogens is 280 g/mol. The number of aromatic nitrogens is 2. The van der Waals surface area contributed by atoms with Gasteiger partial charge >= 0.3 is 0 Å². The first-order chi connectivity index (χ1) is 11.4. The molecule has 2 heteroatoms. The third kappa shape index (κ3) is 2.97. The highest BCUT2D eigenvalue weighted by Crippen LogP contribution is 2.14. The highest BCUT2D eigenvalue weighted by molar-refractivity contribution is 5.80. The molecule has 2 aromatic heterocycles. The predicted molar refractivity (Wildman–Crippen MR) is 96.2 cm³/mol. The quantitative estimate of drug-likeness (QED) is 0.529. The molecule has 0 atom stereocenters. The number of hydrogen-bond acceptors (Lipinski definition) is 2. The van der Waals surface area contributed by atoms with Crippen LogP contribution in [-0.2, 0) is 6.42 Å². The van der Waals surface area contributed by atoms with Crippen molar-refractivity contribution >= 4 is 27.9 Å². The number of fused-ring (bicyclic) bond motifs is 2. The zero-order chi connectivity index (χ0) is 15.5. The van der Waals surface area contributed by atoms with E-state index in [-0.39, 0.29) is 0 Å². The van der Waals surface area contributed by atoms with Crippen molar-refractivity contribution in [3.63, 3.8) is 0 Å². The highest BCUT2D eigenvalue weighted by Gasteiger charge is 1.97. The summed E-state index contributed by atoms with van der Waals surface area (Å²) >= 11 is 0. The van der Waals surface area contributed by atoms with Crippen LogP contribution in [0.1, 0.15) is 11.4 Å². The maximum Gasteiger partial charge on any atom is 0.0709 e. The number of benzene rings is 2. The van der Waals surface area contributed by atoms with Gasteiger partial charge in [-0.05, 0) is 30.3 Å². The van der Waals surface area contributed by atoms with Gasteiger partial charge in [0.05, 0.1) is 16.7 Å². The van der Waals surface area contributed by atoms with E-state index in [9.17, 15) is 0 Å². The van der Waals surface area contributed by atoms with E-state index in [4.69, 9.17) is 0 Å². The summed E-state index contributed by atoms with van der Waals surface area (Å²) in [5.41, 5.74) is 4.12. The second kappa shape index (κ2) is 6.01. The Hall–Kier alpha value is -3.00. The molecule has 0 aliphatic rings. The van der Waals surface area contributed by atoms with E-state index in [0.717, 1.165) is 28.8 Å². The number of allylic oxidation sites excluding steroid dienone is 1. The van der Waals surface area contributed by atoms with Gasteiger partial charge in [0.15, 0.2) is 0 Å². The molecule has 0 saturated heterocycles. The summed E-state index contributed by atoms with van der Waals surface area (Å²) in [6.07, 6.45) is 4.98. The fraction of sp³-hybridized carbons (Fsp3) is 0.0476. The zero-order valence-electron chi connectivity index (χ0n) is 12.7. The number of rotatable bonds is 3. The molecular formula is C21H16N2. The van der Waals surface area contributed by atoms with Gasteiger partial charge < -0.3 is 0 Å². The number of pyridine rings is 2. The zero-order valence-corrected chi connectivity index (χ0v) is 12.7. The summed E-state index contributed by atoms with van der Waals surface area (Å²) in [6, 6.07) is 24.7. The minimum absolute atomic E-state index is 0.805. The monoisotopic (exact) mass is 296 g/mol. The summed E-state index contributed by atoms with van der Waals surface area (Å²) in [7, 11) is 0. The van der Waals surface area contributed by atoms with E-state index in [1.807, 2.05) is 42.5 Å². The van der Waals surface area contributed by atoms with E-state index >= 15 is 0 Å². The maximum absolute atomic E-state index is 4.68. The highest BCUT2D eigenvalue weighted by atomic mass is 14.7. The molecule has 0 spiro atoms. The summed E-state index contributed by atoms with van der Waals surface area (Å²) < 4.78 is 0. The van der Waals surface area contributed by atoms with Crippen LogP contribution in [0, 0.1) is 0 Å². The van der Waals surface area contributed by atoms with E-state index < -0.39 is 0 Å². The van der Waals surface area contributed by atoms with Crippen LogP contribution in [0.15, 0.2) is 78.9 Å². The summed E-state index contributed by atoms with van der Waals surface area (Å²) in [5.74, 6) is 0. The largest absolute Gasteiger partial charge is 0.253 e. The third-order valence-corrected chi connectivity index (χ3v) is 3.89. The lowest BCUT2D eigenvalue weighted by atomic mass is 10.1. The fourth-order valence-corrected chi connectivity index (χ4v) is 2.70. The Morgan fingerprint density at radius 3 is 2.09 bits per heavy atom. The Bertz CT molecular complexity index is 1000. The Kier molecular flexibility index (Phi) is 3.57. The molecule has 0 bridgehead atoms. The van der Waals surface area contributed by atoms with Crippen molar-refractivity contribution in [2.24, 2.45) is 0 Å². The van der Waals surface area contributed by atoms with Gasteiger partial charge in [0, 0.05) is 22.9 Å². The minimum Gasteiger partial charge on any atom is -0.253 e. The lowest BCUT2D eigenvalue weighted by Gasteiger charge is -2.00. The summed E-state index contributed by atoms with van der Waals surface area (Å²) in [6.45, 7) is 0. The first-order valence-corrected chi connectivity index (χ1v) is 7.75. The summed E-state index contributed by atoms with van der Waals surface area (Å²) in [5, 5.41) is 2.34. The van der Waals surface area contributed by atoms with E-state index in [2.05, 4.69) is 52.5 Å². The maximum atomic E-state index is 4.68. The smallest absolute Gasteiger partial charge is 0.0709 e. The molecule has 0 N–H and O–H groups in total. The molecule has 0 radical (unpaired) electrons. The van der Waals surface area contributed by atoms with Crippen molar-refractivity contribution in [2.45, 2.75) is 6.42 Å². The molecule has 0 amide bonds. The van der Waals surface area contributed by atoms with Gasteiger partial charge in [-0.2, -0.15) is 0 Å². The molecule has 2 heterocycles. The second-order valence-electron chi connectivity index (χ2n) is 5.53. The lowest BCUT2D eigenvalue weighted by Crippen LogP contribution is -1.88. The number of para-hydroxylation sites is 2. The van der Waals surface area contributed by atoms with Crippen molar-refractivity contribution < 1.29 is 0 Å². The van der Waals surface area contributed by atoms with Gasteiger partial charge in [0.1, 0.15) is 0 Å². The molecule has 0 saturated carbocycles. The average Bonchev–Trinajstić information content (AvgIpc) is 2.61. The van der Waals surface area contributed by atoms with Gasteiger partial charge in [0.2, 0.25) is 0 Å². The molecule has 110 valence electrons. The first-order valence-electron chi connectivity index (χ1n) is 7.75. The fourth-order valence-electron chi connectivity index (χ4n) is 2.70. The predicted octanol–water partition coefficient (Wildman–Crippen LogP) is 5.04. The van der Waals surface area contributed by atoms with Gasteiger partial charge in [-0.25, -0.2) is 4.98 Å². The molecule has 0 aliphatic carbocycles. The van der Waals surface area contributed by atoms with Crippen LogP contribution in [0.25, 0.3) is 27.9 Å². The Morgan fingerprint density at radius 2 is 1.30 bits per heavy atom. The van der Waals surface area contributed by atoms with Crippen molar-refractivity contribution in [2.75, 3.05) is 0 Å². The molecule has 4 rings (SSSR count). The normalized spacial score (nSPS) is 11.5. The van der Waals surface area contributed by atoms with Gasteiger partial charge in [-0.3, -0.25) is 4.98 Å². The van der Waals surface area contributed by atoms with Crippen molar-refractivity contribution in [3.8, 4) is 0 Å². The Labute approximate surface area is 135 Å². The van der Waals surface area contributed by atoms with Gasteiger partial charge in [0.25, 0.3) is 0 Å². The lowest BCUT2D eigenvalue weighted by molar-refractivity contribution is 1.15. The Balaban J connectivity index is 1.55. The van der Waals surface area contributed by atoms with E-state index in [0.29, 0.717) is 0 Å². The topological polar surface area (TPSA) is 25.8 Å². The average molecular weight is 296 g/mol. The van der Waals surface area contributed by atoms with Crippen LogP contribution in [0.5, 0.6) is 0 Å². The van der Waals surface area contributed by atoms with Crippen LogP contribution in [0.2, 0.25) is 0 Å².